The minimum atomic E-state index is -0.302. The first kappa shape index (κ1) is 22.6. The Morgan fingerprint density at radius 1 is 1.15 bits per heavy atom. The Bertz CT molecular complexity index is 1110. The number of rotatable bonds is 7. The summed E-state index contributed by atoms with van der Waals surface area (Å²) in [6.45, 7) is 9.17. The molecule has 1 aromatic carbocycles. The molecule has 1 aliphatic rings. The quantitative estimate of drug-likeness (QED) is 0.385. The van der Waals surface area contributed by atoms with Gasteiger partial charge in [0.05, 0.1) is 11.3 Å². The summed E-state index contributed by atoms with van der Waals surface area (Å²) in [5.74, 6) is 1.41. The van der Waals surface area contributed by atoms with Crippen LogP contribution in [-0.4, -0.2) is 45.0 Å². The fraction of sp³-hybridized carbons (Fsp3) is 0.435. The van der Waals surface area contributed by atoms with Crippen LogP contribution in [0.5, 0.6) is 11.8 Å². The molecular formula is C23H27FN6O3. The molecule has 4 rings (SSSR count). The van der Waals surface area contributed by atoms with Crippen molar-refractivity contribution in [2.75, 3.05) is 18.0 Å². The summed E-state index contributed by atoms with van der Waals surface area (Å²) >= 11 is 0. The first-order chi connectivity index (χ1) is 15.9. The first-order valence-electron chi connectivity index (χ1n) is 10.9. The van der Waals surface area contributed by atoms with Crippen LogP contribution in [0, 0.1) is 12.7 Å². The summed E-state index contributed by atoms with van der Waals surface area (Å²) in [5.41, 5.74) is 2.02. The lowest BCUT2D eigenvalue weighted by molar-refractivity contribution is 0.159. The molecule has 1 saturated heterocycles. The van der Waals surface area contributed by atoms with Gasteiger partial charge in [0, 0.05) is 31.8 Å². The Kier molecular flexibility index (Phi) is 6.81. The lowest BCUT2D eigenvalue weighted by Gasteiger charge is -2.30. The van der Waals surface area contributed by atoms with Crippen molar-refractivity contribution >= 4 is 11.7 Å². The maximum atomic E-state index is 13.1. The number of oxime groups is 1. The predicted molar refractivity (Wildman–Crippen MR) is 120 cm³/mol. The second-order valence-electron chi connectivity index (χ2n) is 8.28. The van der Waals surface area contributed by atoms with Crippen molar-refractivity contribution in [3.05, 3.63) is 53.4 Å². The monoisotopic (exact) mass is 454 g/mol. The Balaban J connectivity index is 1.36. The number of nitrogens with zero attached hydrogens (tertiary/aromatic N) is 6. The molecule has 9 nitrogen and oxygen atoms in total. The topological polar surface area (TPSA) is 98.8 Å². The summed E-state index contributed by atoms with van der Waals surface area (Å²) in [6, 6.07) is 6.60. The van der Waals surface area contributed by atoms with Crippen LogP contribution in [0.3, 0.4) is 0 Å². The number of hydrogen-bond donors (Lipinski definition) is 0. The first-order valence-corrected chi connectivity index (χ1v) is 10.9. The van der Waals surface area contributed by atoms with Gasteiger partial charge >= 0.3 is 6.01 Å². The molecule has 0 radical (unpaired) electrons. The highest BCUT2D eigenvalue weighted by Gasteiger charge is 2.26. The van der Waals surface area contributed by atoms with Gasteiger partial charge in [0.2, 0.25) is 5.88 Å². The van der Waals surface area contributed by atoms with Crippen LogP contribution in [0.2, 0.25) is 0 Å². The Morgan fingerprint density at radius 2 is 1.85 bits per heavy atom. The fourth-order valence-electron chi connectivity index (χ4n) is 3.40. The minimum absolute atomic E-state index is 0.000330. The van der Waals surface area contributed by atoms with Gasteiger partial charge in [-0.3, -0.25) is 0 Å². The maximum Gasteiger partial charge on any atom is 0.324 e. The molecule has 2 aromatic heterocycles. The molecule has 3 aromatic rings. The van der Waals surface area contributed by atoms with Gasteiger partial charge in [0.1, 0.15) is 18.2 Å². The van der Waals surface area contributed by atoms with Gasteiger partial charge in [-0.2, -0.15) is 9.97 Å². The molecule has 0 spiro atoms. The van der Waals surface area contributed by atoms with E-state index in [1.807, 2.05) is 20.8 Å². The zero-order valence-corrected chi connectivity index (χ0v) is 19.2. The zero-order chi connectivity index (χ0) is 23.4. The number of piperidine rings is 1. The Labute approximate surface area is 191 Å². The molecule has 174 valence electrons. The zero-order valence-electron chi connectivity index (χ0n) is 19.2. The van der Waals surface area contributed by atoms with Crippen molar-refractivity contribution in [3.63, 3.8) is 0 Å². The molecule has 0 aliphatic carbocycles. The van der Waals surface area contributed by atoms with Crippen molar-refractivity contribution in [1.82, 2.24) is 20.1 Å². The van der Waals surface area contributed by atoms with Gasteiger partial charge in [0.25, 0.3) is 5.88 Å². The van der Waals surface area contributed by atoms with Crippen LogP contribution < -0.4 is 14.5 Å². The van der Waals surface area contributed by atoms with Gasteiger partial charge in [-0.05, 0) is 31.5 Å². The van der Waals surface area contributed by atoms with Crippen LogP contribution in [0.25, 0.3) is 0 Å². The van der Waals surface area contributed by atoms with E-state index in [9.17, 15) is 4.39 Å². The van der Waals surface area contributed by atoms with E-state index in [0.717, 1.165) is 31.5 Å². The molecule has 0 unspecified atom stereocenters. The summed E-state index contributed by atoms with van der Waals surface area (Å²) < 4.78 is 24.7. The SMILES string of the molecule is CC(=NOc1ncnc(OC2CCN(c3nc(C(C)C)no3)CC2)c1C)c1ccc(F)cc1. The van der Waals surface area contributed by atoms with Gasteiger partial charge in [-0.25, -0.2) is 9.37 Å². The van der Waals surface area contributed by atoms with Gasteiger partial charge < -0.3 is 19.0 Å². The standard InChI is InChI=1S/C23H27FN6O3/c1-14(2)20-27-23(33-29-20)30-11-9-19(10-12-30)31-21-15(3)22(26-13-25-21)32-28-16(4)17-5-7-18(24)8-6-17/h5-8,13-14,19H,9-12H2,1-4H3. The van der Waals surface area contributed by atoms with Crippen LogP contribution in [0.15, 0.2) is 40.3 Å². The Morgan fingerprint density at radius 3 is 2.52 bits per heavy atom. The van der Waals surface area contributed by atoms with Crippen LogP contribution in [0.4, 0.5) is 10.4 Å². The van der Waals surface area contributed by atoms with E-state index >= 15 is 0 Å². The fourth-order valence-corrected chi connectivity index (χ4v) is 3.40. The van der Waals surface area contributed by atoms with Crippen LogP contribution >= 0.6 is 0 Å². The third-order valence-electron chi connectivity index (χ3n) is 5.46. The normalized spacial score (nSPS) is 15.2. The van der Waals surface area contributed by atoms with Gasteiger partial charge in [-0.15, -0.1) is 0 Å². The van der Waals surface area contributed by atoms with E-state index in [1.165, 1.54) is 18.5 Å². The smallest absolute Gasteiger partial charge is 0.324 e. The largest absolute Gasteiger partial charge is 0.474 e. The highest BCUT2D eigenvalue weighted by atomic mass is 19.1. The van der Waals surface area contributed by atoms with E-state index in [0.29, 0.717) is 34.9 Å². The number of ether oxygens (including phenoxy) is 1. The number of anilines is 1. The average Bonchev–Trinajstić information content (AvgIpc) is 3.31. The Hall–Kier alpha value is -3.56. The van der Waals surface area contributed by atoms with Crippen LogP contribution in [0.1, 0.15) is 56.5 Å². The van der Waals surface area contributed by atoms with Crippen molar-refractivity contribution < 1.29 is 18.5 Å². The molecule has 1 aliphatic heterocycles. The number of halogens is 1. The molecule has 0 amide bonds. The predicted octanol–water partition coefficient (Wildman–Crippen LogP) is 4.28. The average molecular weight is 455 g/mol. The van der Waals surface area contributed by atoms with Crippen LogP contribution in [-0.2, 0) is 0 Å². The molecular weight excluding hydrogens is 427 g/mol. The maximum absolute atomic E-state index is 13.1. The third kappa shape index (κ3) is 5.44. The molecule has 33 heavy (non-hydrogen) atoms. The summed E-state index contributed by atoms with van der Waals surface area (Å²) in [7, 11) is 0. The van der Waals surface area contributed by atoms with E-state index in [2.05, 4.69) is 30.2 Å². The molecule has 0 saturated carbocycles. The molecule has 0 N–H and O–H groups in total. The van der Waals surface area contributed by atoms with Crippen molar-refractivity contribution in [2.24, 2.45) is 5.16 Å². The molecule has 1 fully saturated rings. The van der Waals surface area contributed by atoms with E-state index in [-0.39, 0.29) is 17.8 Å². The van der Waals surface area contributed by atoms with E-state index in [4.69, 9.17) is 14.1 Å². The van der Waals surface area contributed by atoms with Crippen molar-refractivity contribution in [3.8, 4) is 11.8 Å². The lowest BCUT2D eigenvalue weighted by atomic mass is 10.1. The van der Waals surface area contributed by atoms with E-state index < -0.39 is 0 Å². The number of hydrogen-bond acceptors (Lipinski definition) is 9. The second kappa shape index (κ2) is 9.93. The number of aromatic nitrogens is 4. The highest BCUT2D eigenvalue weighted by molar-refractivity contribution is 5.98. The van der Waals surface area contributed by atoms with E-state index in [1.54, 1.807) is 19.1 Å². The molecule has 3 heterocycles. The van der Waals surface area contributed by atoms with Gasteiger partial charge in [0.15, 0.2) is 5.82 Å². The van der Waals surface area contributed by atoms with Gasteiger partial charge in [-0.1, -0.05) is 36.3 Å². The van der Waals surface area contributed by atoms with Crippen molar-refractivity contribution in [1.29, 1.82) is 0 Å². The summed E-state index contributed by atoms with van der Waals surface area (Å²) in [4.78, 5) is 20.5. The third-order valence-corrected chi connectivity index (χ3v) is 5.46. The number of benzene rings is 1. The minimum Gasteiger partial charge on any atom is -0.474 e. The second-order valence-corrected chi connectivity index (χ2v) is 8.28. The molecule has 10 heteroatoms. The summed E-state index contributed by atoms with van der Waals surface area (Å²) in [5, 5.41) is 8.15. The van der Waals surface area contributed by atoms with Crippen molar-refractivity contribution in [2.45, 2.75) is 52.6 Å². The molecule has 0 bridgehead atoms. The summed E-state index contributed by atoms with van der Waals surface area (Å²) in [6.07, 6.45) is 2.97. The molecule has 0 atom stereocenters. The highest BCUT2D eigenvalue weighted by Crippen LogP contribution is 2.27. The lowest BCUT2D eigenvalue weighted by Crippen LogP contribution is -2.38.